The van der Waals surface area contributed by atoms with Gasteiger partial charge in [-0.3, -0.25) is 0 Å². The van der Waals surface area contributed by atoms with Gasteiger partial charge in [-0.05, 0) is 5.56 Å². The van der Waals surface area contributed by atoms with Gasteiger partial charge in [0, 0.05) is 6.08 Å². The first-order chi connectivity index (χ1) is 6.74. The van der Waals surface area contributed by atoms with Crippen molar-refractivity contribution in [1.82, 2.24) is 6.15 Å². The zero-order valence-corrected chi connectivity index (χ0v) is 8.98. The van der Waals surface area contributed by atoms with E-state index in [9.17, 15) is 4.79 Å². The number of ether oxygens (including phenoxy) is 1. The van der Waals surface area contributed by atoms with E-state index in [1.165, 1.54) is 12.7 Å². The van der Waals surface area contributed by atoms with Crippen LogP contribution in [-0.2, 0) is 9.53 Å². The van der Waals surface area contributed by atoms with Gasteiger partial charge in [-0.15, -0.1) is 0 Å². The molecule has 82 valence electrons. The van der Waals surface area contributed by atoms with Crippen molar-refractivity contribution in [3.8, 4) is 0 Å². The summed E-state index contributed by atoms with van der Waals surface area (Å²) in [6, 6.07) is 10.0. The SMILES string of the molecule is C=CC(=O)OC.C=Cc1ccccc1.N. The lowest BCUT2D eigenvalue weighted by atomic mass is 10.2. The number of esters is 1. The fraction of sp³-hybridized carbons (Fsp3) is 0.0833. The summed E-state index contributed by atoms with van der Waals surface area (Å²) in [5, 5.41) is 0. The molecule has 1 rings (SSSR count). The van der Waals surface area contributed by atoms with Crippen molar-refractivity contribution in [3.05, 3.63) is 55.1 Å². The number of hydrogen-bond acceptors (Lipinski definition) is 3. The van der Waals surface area contributed by atoms with E-state index in [1.54, 1.807) is 0 Å². The second-order valence-corrected chi connectivity index (χ2v) is 2.34. The number of hydrogen-bond donors (Lipinski definition) is 1. The molecule has 0 aromatic heterocycles. The van der Waals surface area contributed by atoms with Crippen LogP contribution in [0.15, 0.2) is 49.6 Å². The zero-order chi connectivity index (χ0) is 10.8. The van der Waals surface area contributed by atoms with Crippen LogP contribution in [-0.4, -0.2) is 13.1 Å². The van der Waals surface area contributed by atoms with Gasteiger partial charge in [-0.25, -0.2) is 4.79 Å². The number of rotatable bonds is 2. The highest BCUT2D eigenvalue weighted by atomic mass is 16.5. The Bertz CT molecular complexity index is 294. The first-order valence-corrected chi connectivity index (χ1v) is 4.12. The summed E-state index contributed by atoms with van der Waals surface area (Å²) in [4.78, 5) is 9.84. The van der Waals surface area contributed by atoms with Crippen LogP contribution in [0.2, 0.25) is 0 Å². The second-order valence-electron chi connectivity index (χ2n) is 2.34. The molecule has 0 unspecified atom stereocenters. The van der Waals surface area contributed by atoms with Gasteiger partial charge in [-0.2, -0.15) is 0 Å². The highest BCUT2D eigenvalue weighted by Gasteiger charge is 1.81. The van der Waals surface area contributed by atoms with Gasteiger partial charge in [0.1, 0.15) is 0 Å². The minimum Gasteiger partial charge on any atom is -0.466 e. The Morgan fingerprint density at radius 2 is 1.80 bits per heavy atom. The Labute approximate surface area is 90.7 Å². The minimum absolute atomic E-state index is 0. The van der Waals surface area contributed by atoms with Crippen LogP contribution in [0.4, 0.5) is 0 Å². The number of carbonyl (C=O) groups is 1. The maximum atomic E-state index is 9.84. The third-order valence-electron chi connectivity index (χ3n) is 1.40. The molecule has 1 aromatic rings. The van der Waals surface area contributed by atoms with Crippen LogP contribution >= 0.6 is 0 Å². The first-order valence-electron chi connectivity index (χ1n) is 4.12. The van der Waals surface area contributed by atoms with Gasteiger partial charge >= 0.3 is 5.97 Å². The molecule has 0 amide bonds. The number of carbonyl (C=O) groups excluding carboxylic acids is 1. The molecule has 0 bridgehead atoms. The van der Waals surface area contributed by atoms with Crippen LogP contribution in [0, 0.1) is 0 Å². The molecule has 3 nitrogen and oxygen atoms in total. The lowest BCUT2D eigenvalue weighted by Gasteiger charge is -1.85. The lowest BCUT2D eigenvalue weighted by Crippen LogP contribution is -1.91. The van der Waals surface area contributed by atoms with Crippen LogP contribution < -0.4 is 6.15 Å². The Balaban J connectivity index is 0. The average Bonchev–Trinajstić information content (AvgIpc) is 2.30. The quantitative estimate of drug-likeness (QED) is 0.599. The van der Waals surface area contributed by atoms with Crippen molar-refractivity contribution in [2.75, 3.05) is 7.11 Å². The molecule has 0 radical (unpaired) electrons. The van der Waals surface area contributed by atoms with Gasteiger partial charge in [0.25, 0.3) is 0 Å². The van der Waals surface area contributed by atoms with E-state index in [0.29, 0.717) is 0 Å². The molecule has 0 heterocycles. The molecular weight excluding hydrogens is 190 g/mol. The highest BCUT2D eigenvalue weighted by molar-refractivity contribution is 5.80. The van der Waals surface area contributed by atoms with Gasteiger partial charge in [0.2, 0.25) is 0 Å². The standard InChI is InChI=1S/C8H8.C4H6O2.H3N/c1-2-8-6-4-3-5-7-8;1-3-4(5)6-2;/h2-7H,1H2;3H,1H2,2H3;1H3. The topological polar surface area (TPSA) is 61.3 Å². The molecule has 0 saturated heterocycles. The molecule has 3 heteroatoms. The molecule has 0 saturated carbocycles. The van der Waals surface area contributed by atoms with Gasteiger partial charge in [0.05, 0.1) is 7.11 Å². The summed E-state index contributed by atoms with van der Waals surface area (Å²) < 4.78 is 4.14. The Morgan fingerprint density at radius 3 is 2.00 bits per heavy atom. The fourth-order valence-corrected chi connectivity index (χ4v) is 0.672. The molecule has 15 heavy (non-hydrogen) atoms. The maximum Gasteiger partial charge on any atom is 0.329 e. The number of benzene rings is 1. The van der Waals surface area contributed by atoms with Crippen molar-refractivity contribution in [2.24, 2.45) is 0 Å². The molecule has 0 aliphatic carbocycles. The molecule has 0 spiro atoms. The maximum absolute atomic E-state index is 9.84. The monoisotopic (exact) mass is 207 g/mol. The third-order valence-corrected chi connectivity index (χ3v) is 1.40. The summed E-state index contributed by atoms with van der Waals surface area (Å²) >= 11 is 0. The van der Waals surface area contributed by atoms with Gasteiger partial charge < -0.3 is 10.9 Å². The molecule has 0 fully saturated rings. The molecule has 0 aliphatic rings. The first kappa shape index (κ1) is 15.6. The van der Waals surface area contributed by atoms with Crippen LogP contribution in [0.1, 0.15) is 5.56 Å². The summed E-state index contributed by atoms with van der Waals surface area (Å²) in [6.07, 6.45) is 2.94. The summed E-state index contributed by atoms with van der Waals surface area (Å²) in [5.74, 6) is -0.394. The Morgan fingerprint density at radius 1 is 1.27 bits per heavy atom. The van der Waals surface area contributed by atoms with Crippen molar-refractivity contribution in [3.63, 3.8) is 0 Å². The predicted molar refractivity (Wildman–Crippen MR) is 63.8 cm³/mol. The minimum atomic E-state index is -0.394. The van der Waals surface area contributed by atoms with Crippen LogP contribution in [0.25, 0.3) is 6.08 Å². The predicted octanol–water partition coefficient (Wildman–Crippen LogP) is 2.84. The summed E-state index contributed by atoms with van der Waals surface area (Å²) in [7, 11) is 1.31. The molecule has 1 aromatic carbocycles. The van der Waals surface area contributed by atoms with E-state index in [-0.39, 0.29) is 6.15 Å². The van der Waals surface area contributed by atoms with Crippen molar-refractivity contribution in [2.45, 2.75) is 0 Å². The van der Waals surface area contributed by atoms with E-state index in [4.69, 9.17) is 0 Å². The molecule has 0 atom stereocenters. The van der Waals surface area contributed by atoms with E-state index >= 15 is 0 Å². The smallest absolute Gasteiger partial charge is 0.329 e. The van der Waals surface area contributed by atoms with Crippen LogP contribution in [0.5, 0.6) is 0 Å². The van der Waals surface area contributed by atoms with Crippen molar-refractivity contribution < 1.29 is 9.53 Å². The molecule has 3 N–H and O–H groups in total. The van der Waals surface area contributed by atoms with Crippen molar-refractivity contribution >= 4 is 12.0 Å². The Kier molecular flexibility index (Phi) is 10.6. The average molecular weight is 207 g/mol. The lowest BCUT2D eigenvalue weighted by molar-refractivity contribution is -0.134. The normalized spacial score (nSPS) is 7.27. The van der Waals surface area contributed by atoms with E-state index in [1.807, 2.05) is 36.4 Å². The number of methoxy groups -OCH3 is 1. The largest absolute Gasteiger partial charge is 0.466 e. The summed E-state index contributed by atoms with van der Waals surface area (Å²) in [5.41, 5.74) is 1.17. The van der Waals surface area contributed by atoms with E-state index in [2.05, 4.69) is 17.9 Å². The van der Waals surface area contributed by atoms with Crippen molar-refractivity contribution in [1.29, 1.82) is 0 Å². The highest BCUT2D eigenvalue weighted by Crippen LogP contribution is 1.97. The third kappa shape index (κ3) is 8.46. The summed E-state index contributed by atoms with van der Waals surface area (Å²) in [6.45, 7) is 6.79. The molecular formula is C12H17NO2. The zero-order valence-electron chi connectivity index (χ0n) is 8.98. The molecule has 0 aliphatic heterocycles. The van der Waals surface area contributed by atoms with Gasteiger partial charge in [-0.1, -0.05) is 49.6 Å². The van der Waals surface area contributed by atoms with Crippen LogP contribution in [0.3, 0.4) is 0 Å². The van der Waals surface area contributed by atoms with Gasteiger partial charge in [0.15, 0.2) is 0 Å². The Hall–Kier alpha value is -1.87. The van der Waals surface area contributed by atoms with E-state index in [0.717, 1.165) is 6.08 Å². The fourth-order valence-electron chi connectivity index (χ4n) is 0.672. The van der Waals surface area contributed by atoms with E-state index < -0.39 is 5.97 Å². The second kappa shape index (κ2) is 10.2.